The van der Waals surface area contributed by atoms with Crippen LogP contribution in [0, 0.1) is 0 Å². The van der Waals surface area contributed by atoms with E-state index in [1.165, 1.54) is 12.4 Å². The quantitative estimate of drug-likeness (QED) is 0.875. The van der Waals surface area contributed by atoms with Crippen LogP contribution in [0.3, 0.4) is 0 Å². The van der Waals surface area contributed by atoms with Crippen LogP contribution in [0.2, 0.25) is 0 Å². The van der Waals surface area contributed by atoms with E-state index in [1.54, 1.807) is 0 Å². The number of hydrogen-bond acceptors (Lipinski definition) is 6. The predicted molar refractivity (Wildman–Crippen MR) is 88.7 cm³/mol. The summed E-state index contributed by atoms with van der Waals surface area (Å²) in [6.45, 7) is 8.12. The molecule has 2 aromatic rings. The lowest BCUT2D eigenvalue weighted by molar-refractivity contribution is 0.00578. The van der Waals surface area contributed by atoms with Crippen molar-refractivity contribution in [2.75, 3.05) is 5.73 Å². The molecule has 6 nitrogen and oxygen atoms in total. The fraction of sp³-hybridized carbons (Fsp3) is 0.375. The van der Waals surface area contributed by atoms with Crippen molar-refractivity contribution in [3.8, 4) is 11.8 Å². The molecule has 7 heteroatoms. The van der Waals surface area contributed by atoms with Gasteiger partial charge < -0.3 is 19.8 Å². The van der Waals surface area contributed by atoms with Crippen molar-refractivity contribution in [3.05, 3.63) is 36.7 Å². The van der Waals surface area contributed by atoms with E-state index in [0.29, 0.717) is 11.4 Å². The molecule has 23 heavy (non-hydrogen) atoms. The summed E-state index contributed by atoms with van der Waals surface area (Å²) in [4.78, 5) is 8.01. The summed E-state index contributed by atoms with van der Waals surface area (Å²) < 4.78 is 17.6. The van der Waals surface area contributed by atoms with Gasteiger partial charge in [0.2, 0.25) is 0 Å². The Hall–Kier alpha value is -2.12. The lowest BCUT2D eigenvalue weighted by atomic mass is 9.79. The topological polar surface area (TPSA) is 79.5 Å². The highest BCUT2D eigenvalue weighted by Crippen LogP contribution is 2.36. The Bertz CT molecular complexity index is 671. The molecule has 1 aliphatic heterocycles. The Balaban J connectivity index is 1.72. The molecule has 1 aromatic heterocycles. The molecule has 0 radical (unpaired) electrons. The summed E-state index contributed by atoms with van der Waals surface area (Å²) in [5.41, 5.74) is 6.27. The van der Waals surface area contributed by atoms with Gasteiger partial charge in [0.1, 0.15) is 5.75 Å². The second kappa shape index (κ2) is 5.51. The summed E-state index contributed by atoms with van der Waals surface area (Å²) >= 11 is 0. The highest BCUT2D eigenvalue weighted by atomic mass is 16.7. The van der Waals surface area contributed by atoms with Crippen molar-refractivity contribution in [1.82, 2.24) is 9.97 Å². The van der Waals surface area contributed by atoms with Crippen molar-refractivity contribution in [2.24, 2.45) is 0 Å². The van der Waals surface area contributed by atoms with Crippen LogP contribution in [0.15, 0.2) is 36.7 Å². The fourth-order valence-electron chi connectivity index (χ4n) is 2.16. The first-order chi connectivity index (χ1) is 10.8. The number of hydrogen-bond donors (Lipinski definition) is 1. The van der Waals surface area contributed by atoms with Gasteiger partial charge in [0.15, 0.2) is 0 Å². The van der Waals surface area contributed by atoms with Crippen LogP contribution in [-0.2, 0) is 9.31 Å². The van der Waals surface area contributed by atoms with Gasteiger partial charge in [-0.3, -0.25) is 0 Å². The maximum absolute atomic E-state index is 6.02. The van der Waals surface area contributed by atoms with E-state index in [-0.39, 0.29) is 24.3 Å². The Morgan fingerprint density at radius 3 is 2.00 bits per heavy atom. The van der Waals surface area contributed by atoms with Crippen LogP contribution in [0.25, 0.3) is 0 Å². The number of nitrogens with two attached hydrogens (primary N) is 1. The molecule has 0 aliphatic carbocycles. The second-order valence-electron chi connectivity index (χ2n) is 6.56. The molecule has 2 N–H and O–H groups in total. The Morgan fingerprint density at radius 1 is 0.957 bits per heavy atom. The number of nitrogen functional groups attached to an aromatic ring is 1. The van der Waals surface area contributed by atoms with Gasteiger partial charge >= 0.3 is 13.1 Å². The van der Waals surface area contributed by atoms with Crippen molar-refractivity contribution >= 4 is 18.3 Å². The molecule has 0 bridgehead atoms. The second-order valence-corrected chi connectivity index (χ2v) is 6.56. The molecule has 0 unspecified atom stereocenters. The average molecular weight is 313 g/mol. The van der Waals surface area contributed by atoms with Gasteiger partial charge in [-0.25, -0.2) is 9.97 Å². The number of aromatic nitrogens is 2. The maximum atomic E-state index is 6.02. The first-order valence-electron chi connectivity index (χ1n) is 7.48. The number of benzene rings is 1. The molecule has 1 aromatic carbocycles. The molecule has 120 valence electrons. The predicted octanol–water partition coefficient (Wildman–Crippen LogP) is 2.15. The third kappa shape index (κ3) is 3.16. The smallest absolute Gasteiger partial charge is 0.424 e. The van der Waals surface area contributed by atoms with E-state index in [0.717, 1.165) is 5.46 Å². The minimum Gasteiger partial charge on any atom is -0.424 e. The van der Waals surface area contributed by atoms with Crippen LogP contribution in [0.5, 0.6) is 11.8 Å². The first kappa shape index (κ1) is 15.8. The standard InChI is InChI=1S/C16H20BN3O3/c1-15(2)16(3,4)23-17(22-15)11-5-7-13(8-6-11)21-14-19-9-12(18)10-20-14/h5-10H,18H2,1-4H3. The van der Waals surface area contributed by atoms with E-state index in [4.69, 9.17) is 19.8 Å². The van der Waals surface area contributed by atoms with E-state index in [2.05, 4.69) is 9.97 Å². The number of ether oxygens (including phenoxy) is 1. The Labute approximate surface area is 136 Å². The summed E-state index contributed by atoms with van der Waals surface area (Å²) in [6, 6.07) is 7.74. The molecule has 1 fully saturated rings. The van der Waals surface area contributed by atoms with E-state index >= 15 is 0 Å². The van der Waals surface area contributed by atoms with Crippen molar-refractivity contribution in [2.45, 2.75) is 38.9 Å². The van der Waals surface area contributed by atoms with Crippen molar-refractivity contribution < 1.29 is 14.0 Å². The highest BCUT2D eigenvalue weighted by molar-refractivity contribution is 6.62. The monoisotopic (exact) mass is 313 g/mol. The Kier molecular flexibility index (Phi) is 3.78. The molecular formula is C16H20BN3O3. The first-order valence-corrected chi connectivity index (χ1v) is 7.48. The summed E-state index contributed by atoms with van der Waals surface area (Å²) in [7, 11) is -0.387. The SMILES string of the molecule is CC1(C)OB(c2ccc(Oc3ncc(N)cn3)cc2)OC1(C)C. The largest absolute Gasteiger partial charge is 0.494 e. The van der Waals surface area contributed by atoms with Gasteiger partial charge in [-0.15, -0.1) is 0 Å². The zero-order valence-corrected chi connectivity index (χ0v) is 13.7. The van der Waals surface area contributed by atoms with Crippen molar-refractivity contribution in [1.29, 1.82) is 0 Å². The molecule has 1 aliphatic rings. The third-order valence-corrected chi connectivity index (χ3v) is 4.26. The van der Waals surface area contributed by atoms with Crippen LogP contribution in [-0.4, -0.2) is 28.3 Å². The highest BCUT2D eigenvalue weighted by Gasteiger charge is 2.51. The fourth-order valence-corrected chi connectivity index (χ4v) is 2.16. The van der Waals surface area contributed by atoms with Gasteiger partial charge in [0.25, 0.3) is 0 Å². The maximum Gasteiger partial charge on any atom is 0.494 e. The van der Waals surface area contributed by atoms with E-state index in [1.807, 2.05) is 52.0 Å². The van der Waals surface area contributed by atoms with Gasteiger partial charge in [0.05, 0.1) is 29.3 Å². The van der Waals surface area contributed by atoms with Gasteiger partial charge in [0, 0.05) is 0 Å². The van der Waals surface area contributed by atoms with Crippen LogP contribution < -0.4 is 15.9 Å². The average Bonchev–Trinajstić information content (AvgIpc) is 2.71. The minimum atomic E-state index is -0.387. The molecule has 3 rings (SSSR count). The van der Waals surface area contributed by atoms with Gasteiger partial charge in [-0.05, 0) is 45.3 Å². The minimum absolute atomic E-state index is 0.252. The molecule has 0 atom stereocenters. The van der Waals surface area contributed by atoms with Gasteiger partial charge in [-0.1, -0.05) is 12.1 Å². The van der Waals surface area contributed by atoms with Crippen molar-refractivity contribution in [3.63, 3.8) is 0 Å². The van der Waals surface area contributed by atoms with Gasteiger partial charge in [-0.2, -0.15) is 0 Å². The zero-order chi connectivity index (χ0) is 16.7. The normalized spacial score (nSPS) is 18.9. The molecular weight excluding hydrogens is 293 g/mol. The summed E-state index contributed by atoms with van der Waals surface area (Å²) in [5.74, 6) is 0.634. The molecule has 0 spiro atoms. The molecule has 2 heterocycles. The lowest BCUT2D eigenvalue weighted by Gasteiger charge is -2.32. The van der Waals surface area contributed by atoms with Crippen LogP contribution in [0.4, 0.5) is 5.69 Å². The summed E-state index contributed by atoms with van der Waals surface area (Å²) in [6.07, 6.45) is 3.00. The molecule has 1 saturated heterocycles. The summed E-state index contributed by atoms with van der Waals surface area (Å²) in [5, 5.41) is 0. The van der Waals surface area contributed by atoms with Crippen LogP contribution in [0.1, 0.15) is 27.7 Å². The van der Waals surface area contributed by atoms with Crippen LogP contribution >= 0.6 is 0 Å². The number of nitrogens with zero attached hydrogens (tertiary/aromatic N) is 2. The zero-order valence-electron chi connectivity index (χ0n) is 13.7. The molecule has 0 amide bonds. The van der Waals surface area contributed by atoms with E-state index < -0.39 is 0 Å². The number of anilines is 1. The Morgan fingerprint density at radius 2 is 1.48 bits per heavy atom. The molecule has 0 saturated carbocycles. The lowest BCUT2D eigenvalue weighted by Crippen LogP contribution is -2.41. The number of rotatable bonds is 3. The third-order valence-electron chi connectivity index (χ3n) is 4.26. The van der Waals surface area contributed by atoms with E-state index in [9.17, 15) is 0 Å².